The summed E-state index contributed by atoms with van der Waals surface area (Å²) in [5.74, 6) is 1.53. The van der Waals surface area contributed by atoms with E-state index in [1.165, 1.54) is 25.7 Å². The average Bonchev–Trinajstić information content (AvgIpc) is 3.48. The van der Waals surface area contributed by atoms with Crippen molar-refractivity contribution in [3.05, 3.63) is 24.2 Å². The number of carbonyl (C=O) groups is 2. The third kappa shape index (κ3) is 6.88. The minimum atomic E-state index is -0.0282. The first-order valence-corrected chi connectivity index (χ1v) is 11.3. The number of amides is 2. The van der Waals surface area contributed by atoms with Gasteiger partial charge in [-0.15, -0.1) is 0 Å². The fourth-order valence-electron chi connectivity index (χ4n) is 4.49. The van der Waals surface area contributed by atoms with Gasteiger partial charge in [-0.3, -0.25) is 9.59 Å². The first-order valence-electron chi connectivity index (χ1n) is 11.3. The normalized spacial score (nSPS) is 19.6. The maximum atomic E-state index is 13.1. The second kappa shape index (κ2) is 11.4. The third-order valence-electron chi connectivity index (χ3n) is 6.14. The monoisotopic (exact) mass is 404 g/mol. The third-order valence-corrected chi connectivity index (χ3v) is 6.14. The van der Waals surface area contributed by atoms with E-state index >= 15 is 0 Å². The van der Waals surface area contributed by atoms with E-state index in [9.17, 15) is 9.59 Å². The summed E-state index contributed by atoms with van der Waals surface area (Å²) in [7, 11) is 0. The van der Waals surface area contributed by atoms with Crippen molar-refractivity contribution < 1.29 is 18.7 Å². The number of nitrogens with zero attached hydrogens (tertiary/aromatic N) is 2. The molecule has 2 fully saturated rings. The van der Waals surface area contributed by atoms with E-state index in [4.69, 9.17) is 9.15 Å². The van der Waals surface area contributed by atoms with Crippen molar-refractivity contribution in [1.82, 2.24) is 9.80 Å². The fraction of sp³-hybridized carbons (Fsp3) is 0.739. The molecule has 1 aromatic heterocycles. The van der Waals surface area contributed by atoms with Crippen LogP contribution in [0.4, 0.5) is 0 Å². The summed E-state index contributed by atoms with van der Waals surface area (Å²) in [6.07, 6.45) is 11.2. The zero-order valence-electron chi connectivity index (χ0n) is 17.8. The molecule has 0 aromatic carbocycles. The Labute approximate surface area is 174 Å². The Morgan fingerprint density at radius 3 is 2.59 bits per heavy atom. The van der Waals surface area contributed by atoms with Gasteiger partial charge in [0.05, 0.1) is 25.5 Å². The molecule has 2 aliphatic rings. The van der Waals surface area contributed by atoms with Crippen LogP contribution in [0.2, 0.25) is 0 Å². The second-order valence-corrected chi connectivity index (χ2v) is 8.49. The van der Waals surface area contributed by atoms with E-state index in [0.717, 1.165) is 38.1 Å². The second-order valence-electron chi connectivity index (χ2n) is 8.49. The van der Waals surface area contributed by atoms with Crippen LogP contribution >= 0.6 is 0 Å². The Hall–Kier alpha value is -1.82. The Morgan fingerprint density at radius 2 is 1.93 bits per heavy atom. The van der Waals surface area contributed by atoms with Crippen LogP contribution in [0.15, 0.2) is 22.8 Å². The van der Waals surface area contributed by atoms with Crippen LogP contribution in [0.5, 0.6) is 0 Å². The molecule has 2 heterocycles. The van der Waals surface area contributed by atoms with Gasteiger partial charge in [0, 0.05) is 26.1 Å². The highest BCUT2D eigenvalue weighted by Crippen LogP contribution is 2.28. The lowest BCUT2D eigenvalue weighted by Crippen LogP contribution is -2.45. The van der Waals surface area contributed by atoms with E-state index in [1.807, 2.05) is 12.1 Å². The molecule has 1 aliphatic carbocycles. The molecule has 0 spiro atoms. The highest BCUT2D eigenvalue weighted by molar-refractivity contribution is 5.84. The van der Waals surface area contributed by atoms with Crippen LogP contribution in [-0.4, -0.2) is 54.0 Å². The van der Waals surface area contributed by atoms with Crippen molar-refractivity contribution >= 4 is 11.8 Å². The van der Waals surface area contributed by atoms with Crippen LogP contribution in [-0.2, 0) is 20.9 Å². The van der Waals surface area contributed by atoms with Crippen molar-refractivity contribution in [1.29, 1.82) is 0 Å². The number of rotatable bonds is 11. The standard InChI is InChI=1S/C23H36N2O4/c1-2-13-24(22(26)12-11-19-7-3-4-8-19)18-23(27)25(16-20-9-5-14-28-20)17-21-10-6-15-29-21/h5,9,14,19,21H,2-4,6-8,10-13,15-18H2,1H3/t21-/m0/s1. The molecule has 0 N–H and O–H groups in total. The SMILES string of the molecule is CCCN(CC(=O)N(Cc1ccco1)C[C@@H]1CCCO1)C(=O)CCC1CCCC1. The largest absolute Gasteiger partial charge is 0.467 e. The number of hydrogen-bond acceptors (Lipinski definition) is 4. The van der Waals surface area contributed by atoms with E-state index in [-0.39, 0.29) is 24.5 Å². The summed E-state index contributed by atoms with van der Waals surface area (Å²) in [5, 5.41) is 0. The molecule has 1 aromatic rings. The van der Waals surface area contributed by atoms with E-state index < -0.39 is 0 Å². The predicted molar refractivity (Wildman–Crippen MR) is 111 cm³/mol. The lowest BCUT2D eigenvalue weighted by Gasteiger charge is -2.29. The van der Waals surface area contributed by atoms with Gasteiger partial charge in [-0.05, 0) is 43.7 Å². The molecule has 6 heteroatoms. The Kier molecular flexibility index (Phi) is 8.59. The number of furan rings is 1. The summed E-state index contributed by atoms with van der Waals surface area (Å²) in [5.41, 5.74) is 0. The molecular weight excluding hydrogens is 368 g/mol. The van der Waals surface area contributed by atoms with Gasteiger partial charge < -0.3 is 19.0 Å². The topological polar surface area (TPSA) is 63.0 Å². The Balaban J connectivity index is 1.57. The smallest absolute Gasteiger partial charge is 0.242 e. The van der Waals surface area contributed by atoms with Gasteiger partial charge in [0.15, 0.2) is 0 Å². The summed E-state index contributed by atoms with van der Waals surface area (Å²) in [4.78, 5) is 29.5. The summed E-state index contributed by atoms with van der Waals surface area (Å²) in [6, 6.07) is 3.71. The maximum Gasteiger partial charge on any atom is 0.242 e. The number of ether oxygens (including phenoxy) is 1. The average molecular weight is 405 g/mol. The molecule has 1 saturated carbocycles. The quantitative estimate of drug-likeness (QED) is 0.559. The molecule has 0 bridgehead atoms. The molecule has 0 radical (unpaired) electrons. The van der Waals surface area contributed by atoms with Crippen LogP contribution in [0.3, 0.4) is 0 Å². The molecule has 1 aliphatic heterocycles. The zero-order chi connectivity index (χ0) is 20.5. The molecule has 3 rings (SSSR count). The van der Waals surface area contributed by atoms with Gasteiger partial charge >= 0.3 is 0 Å². The van der Waals surface area contributed by atoms with Crippen molar-refractivity contribution in [3.63, 3.8) is 0 Å². The van der Waals surface area contributed by atoms with E-state index in [2.05, 4.69) is 6.92 Å². The first kappa shape index (κ1) is 21.9. The van der Waals surface area contributed by atoms with Crippen LogP contribution < -0.4 is 0 Å². The molecule has 1 saturated heterocycles. The fourth-order valence-corrected chi connectivity index (χ4v) is 4.49. The van der Waals surface area contributed by atoms with Crippen LogP contribution in [0, 0.1) is 5.92 Å². The van der Waals surface area contributed by atoms with Gasteiger partial charge in [0.2, 0.25) is 11.8 Å². The van der Waals surface area contributed by atoms with Crippen LogP contribution in [0.25, 0.3) is 0 Å². The van der Waals surface area contributed by atoms with E-state index in [1.54, 1.807) is 16.1 Å². The summed E-state index contributed by atoms with van der Waals surface area (Å²) >= 11 is 0. The van der Waals surface area contributed by atoms with Gasteiger partial charge in [-0.25, -0.2) is 0 Å². The maximum absolute atomic E-state index is 13.1. The number of hydrogen-bond donors (Lipinski definition) is 0. The lowest BCUT2D eigenvalue weighted by atomic mass is 10.0. The van der Waals surface area contributed by atoms with E-state index in [0.29, 0.717) is 32.0 Å². The molecule has 2 amide bonds. The summed E-state index contributed by atoms with van der Waals surface area (Å²) < 4.78 is 11.2. The van der Waals surface area contributed by atoms with Gasteiger partial charge in [-0.2, -0.15) is 0 Å². The molecule has 6 nitrogen and oxygen atoms in total. The molecular formula is C23H36N2O4. The predicted octanol–water partition coefficient (Wildman–Crippen LogP) is 4.00. The molecule has 162 valence electrons. The highest BCUT2D eigenvalue weighted by atomic mass is 16.5. The Morgan fingerprint density at radius 1 is 1.10 bits per heavy atom. The number of carbonyl (C=O) groups excluding carboxylic acids is 2. The van der Waals surface area contributed by atoms with Gasteiger partial charge in [0.1, 0.15) is 5.76 Å². The van der Waals surface area contributed by atoms with Crippen LogP contribution in [0.1, 0.15) is 70.5 Å². The summed E-state index contributed by atoms with van der Waals surface area (Å²) in [6.45, 7) is 4.55. The molecule has 1 atom stereocenters. The molecule has 29 heavy (non-hydrogen) atoms. The van der Waals surface area contributed by atoms with Crippen molar-refractivity contribution in [3.8, 4) is 0 Å². The highest BCUT2D eigenvalue weighted by Gasteiger charge is 2.26. The molecule has 0 unspecified atom stereocenters. The van der Waals surface area contributed by atoms with Crippen molar-refractivity contribution in [2.75, 3.05) is 26.2 Å². The van der Waals surface area contributed by atoms with Gasteiger partial charge in [0.25, 0.3) is 0 Å². The first-order chi connectivity index (χ1) is 14.2. The minimum Gasteiger partial charge on any atom is -0.467 e. The minimum absolute atomic E-state index is 0.0282. The van der Waals surface area contributed by atoms with Gasteiger partial charge in [-0.1, -0.05) is 32.6 Å². The zero-order valence-corrected chi connectivity index (χ0v) is 17.8. The lowest BCUT2D eigenvalue weighted by molar-refractivity contribution is -0.142. The van der Waals surface area contributed by atoms with Crippen molar-refractivity contribution in [2.24, 2.45) is 5.92 Å². The Bertz CT molecular complexity index is 619. The van der Waals surface area contributed by atoms with Crippen molar-refractivity contribution in [2.45, 2.75) is 77.4 Å².